The van der Waals surface area contributed by atoms with Crippen LogP contribution in [0.3, 0.4) is 0 Å². The Balaban J connectivity index is 2.03. The molecule has 0 spiro atoms. The monoisotopic (exact) mass is 301 g/mol. The van der Waals surface area contributed by atoms with E-state index in [1.807, 2.05) is 0 Å². The molecule has 0 atom stereocenters. The van der Waals surface area contributed by atoms with Crippen molar-refractivity contribution in [1.29, 1.82) is 0 Å². The van der Waals surface area contributed by atoms with Crippen molar-refractivity contribution in [2.45, 2.75) is 37.0 Å². The van der Waals surface area contributed by atoms with Gasteiger partial charge in [0.1, 0.15) is 0 Å². The molecule has 0 aliphatic heterocycles. The molecule has 2 rings (SSSR count). The zero-order chi connectivity index (χ0) is 15.5. The minimum Gasteiger partial charge on any atom is -0.478 e. The number of carboxylic acid groups (broad SMARTS) is 1. The smallest absolute Gasteiger partial charge is 0.335 e. The van der Waals surface area contributed by atoms with Gasteiger partial charge in [-0.1, -0.05) is 45.0 Å². The van der Waals surface area contributed by atoms with Crippen LogP contribution in [0, 0.1) is 0 Å². The van der Waals surface area contributed by atoms with Crippen molar-refractivity contribution in [3.05, 3.63) is 59.3 Å². The first-order valence-electron chi connectivity index (χ1n) is 6.78. The van der Waals surface area contributed by atoms with E-state index in [4.69, 9.17) is 5.11 Å². The van der Waals surface area contributed by atoms with Gasteiger partial charge >= 0.3 is 5.97 Å². The quantitative estimate of drug-likeness (QED) is 0.852. The number of benzene rings is 1. The third-order valence-electron chi connectivity index (χ3n) is 3.19. The lowest BCUT2D eigenvalue weighted by atomic mass is 9.87. The summed E-state index contributed by atoms with van der Waals surface area (Å²) in [7, 11) is 0. The second kappa shape index (κ2) is 6.31. The van der Waals surface area contributed by atoms with Gasteiger partial charge in [0.2, 0.25) is 0 Å². The lowest BCUT2D eigenvalue weighted by Gasteiger charge is -2.19. The van der Waals surface area contributed by atoms with Crippen molar-refractivity contribution in [3.8, 4) is 0 Å². The zero-order valence-electron chi connectivity index (χ0n) is 12.5. The molecule has 1 aromatic carbocycles. The summed E-state index contributed by atoms with van der Waals surface area (Å²) in [6.07, 6.45) is 1.54. The Labute approximate surface area is 129 Å². The van der Waals surface area contributed by atoms with Crippen LogP contribution in [0.2, 0.25) is 0 Å². The fourth-order valence-corrected chi connectivity index (χ4v) is 2.73. The number of hydrogen-bond donors (Lipinski definition) is 1. The van der Waals surface area contributed by atoms with Crippen LogP contribution in [0.5, 0.6) is 0 Å². The molecule has 0 bridgehead atoms. The number of carbonyl (C=O) groups is 1. The van der Waals surface area contributed by atoms with E-state index in [1.54, 1.807) is 17.8 Å². The molecule has 1 N–H and O–H groups in total. The van der Waals surface area contributed by atoms with E-state index in [2.05, 4.69) is 50.0 Å². The topological polar surface area (TPSA) is 50.2 Å². The molecule has 0 amide bonds. The van der Waals surface area contributed by atoms with E-state index in [-0.39, 0.29) is 11.0 Å². The number of aromatic nitrogens is 1. The van der Waals surface area contributed by atoms with Gasteiger partial charge in [0, 0.05) is 11.9 Å². The molecule has 0 fully saturated rings. The summed E-state index contributed by atoms with van der Waals surface area (Å²) in [5, 5.41) is 9.70. The number of thioether (sulfide) groups is 1. The zero-order valence-corrected chi connectivity index (χ0v) is 13.3. The van der Waals surface area contributed by atoms with Gasteiger partial charge in [0.15, 0.2) is 0 Å². The van der Waals surface area contributed by atoms with Crippen LogP contribution >= 0.6 is 11.8 Å². The van der Waals surface area contributed by atoms with Gasteiger partial charge in [-0.05, 0) is 28.7 Å². The maximum Gasteiger partial charge on any atom is 0.335 e. The summed E-state index contributed by atoms with van der Waals surface area (Å²) in [6.45, 7) is 6.58. The van der Waals surface area contributed by atoms with E-state index >= 15 is 0 Å². The second-order valence-corrected chi connectivity index (χ2v) is 6.92. The highest BCUT2D eigenvalue weighted by Crippen LogP contribution is 2.25. The predicted molar refractivity (Wildman–Crippen MR) is 85.9 cm³/mol. The van der Waals surface area contributed by atoms with Gasteiger partial charge in [-0.3, -0.25) is 0 Å². The van der Waals surface area contributed by atoms with Gasteiger partial charge in [-0.15, -0.1) is 11.8 Å². The Hall–Kier alpha value is -1.81. The molecule has 0 aliphatic rings. The standard InChI is InChI=1S/C17H19NO2S/c1-17(2,3)14-6-4-12(5-7-14)11-21-15-10-13(16(19)20)8-9-18-15/h4-10H,11H2,1-3H3,(H,19,20). The van der Waals surface area contributed by atoms with E-state index in [9.17, 15) is 4.79 Å². The highest BCUT2D eigenvalue weighted by Gasteiger charge is 2.12. The van der Waals surface area contributed by atoms with Crippen molar-refractivity contribution >= 4 is 17.7 Å². The molecule has 4 heteroatoms. The minimum atomic E-state index is -0.922. The lowest BCUT2D eigenvalue weighted by Crippen LogP contribution is -2.10. The molecule has 21 heavy (non-hydrogen) atoms. The Kier molecular flexibility index (Phi) is 4.68. The fourth-order valence-electron chi connectivity index (χ4n) is 1.88. The van der Waals surface area contributed by atoms with E-state index in [1.165, 1.54) is 23.4 Å². The van der Waals surface area contributed by atoms with Gasteiger partial charge in [0.25, 0.3) is 0 Å². The van der Waals surface area contributed by atoms with Crippen molar-refractivity contribution in [1.82, 2.24) is 4.98 Å². The fraction of sp³-hybridized carbons (Fsp3) is 0.294. The SMILES string of the molecule is CC(C)(C)c1ccc(CSc2cc(C(=O)O)ccn2)cc1. The summed E-state index contributed by atoms with van der Waals surface area (Å²) in [5.74, 6) is -0.144. The van der Waals surface area contributed by atoms with E-state index in [0.717, 1.165) is 10.8 Å². The summed E-state index contributed by atoms with van der Waals surface area (Å²) >= 11 is 1.54. The largest absolute Gasteiger partial charge is 0.478 e. The number of aromatic carboxylic acids is 1. The van der Waals surface area contributed by atoms with Crippen LogP contribution in [0.1, 0.15) is 42.3 Å². The first-order valence-corrected chi connectivity index (χ1v) is 7.76. The number of hydrogen-bond acceptors (Lipinski definition) is 3. The number of rotatable bonds is 4. The van der Waals surface area contributed by atoms with Crippen LogP contribution in [-0.4, -0.2) is 16.1 Å². The van der Waals surface area contributed by atoms with Gasteiger partial charge in [-0.25, -0.2) is 9.78 Å². The molecule has 2 aromatic rings. The molecular formula is C17H19NO2S. The molecule has 1 heterocycles. The van der Waals surface area contributed by atoms with Crippen molar-refractivity contribution in [2.24, 2.45) is 0 Å². The van der Waals surface area contributed by atoms with Crippen molar-refractivity contribution in [2.75, 3.05) is 0 Å². The molecule has 110 valence electrons. The third kappa shape index (κ3) is 4.33. The maximum absolute atomic E-state index is 10.9. The highest BCUT2D eigenvalue weighted by molar-refractivity contribution is 7.98. The molecular weight excluding hydrogens is 282 g/mol. The second-order valence-electron chi connectivity index (χ2n) is 5.92. The van der Waals surface area contributed by atoms with Gasteiger partial charge < -0.3 is 5.11 Å². The van der Waals surface area contributed by atoms with Crippen molar-refractivity contribution in [3.63, 3.8) is 0 Å². The molecule has 0 unspecified atom stereocenters. The first-order chi connectivity index (χ1) is 9.86. The average Bonchev–Trinajstić information content (AvgIpc) is 2.45. The Morgan fingerprint density at radius 2 is 1.86 bits per heavy atom. The van der Waals surface area contributed by atoms with Crippen LogP contribution in [0.15, 0.2) is 47.6 Å². The number of carboxylic acids is 1. The molecule has 0 radical (unpaired) electrons. The average molecular weight is 301 g/mol. The number of pyridine rings is 1. The molecule has 0 saturated heterocycles. The maximum atomic E-state index is 10.9. The van der Waals surface area contributed by atoms with Crippen molar-refractivity contribution < 1.29 is 9.90 Å². The van der Waals surface area contributed by atoms with Gasteiger partial charge in [-0.2, -0.15) is 0 Å². The van der Waals surface area contributed by atoms with E-state index < -0.39 is 5.97 Å². The van der Waals surface area contributed by atoms with E-state index in [0.29, 0.717) is 0 Å². The lowest BCUT2D eigenvalue weighted by molar-refractivity contribution is 0.0696. The molecule has 3 nitrogen and oxygen atoms in total. The molecule has 1 aromatic heterocycles. The van der Waals surface area contributed by atoms with Crippen LogP contribution < -0.4 is 0 Å². The Morgan fingerprint density at radius 3 is 2.43 bits per heavy atom. The minimum absolute atomic E-state index is 0.156. The normalized spacial score (nSPS) is 11.4. The summed E-state index contributed by atoms with van der Waals surface area (Å²) < 4.78 is 0. The number of nitrogens with zero attached hydrogens (tertiary/aromatic N) is 1. The van der Waals surface area contributed by atoms with Crippen LogP contribution in [0.4, 0.5) is 0 Å². The Morgan fingerprint density at radius 1 is 1.19 bits per heavy atom. The first kappa shape index (κ1) is 15.6. The summed E-state index contributed by atoms with van der Waals surface area (Å²) in [6, 6.07) is 11.7. The van der Waals surface area contributed by atoms with Gasteiger partial charge in [0.05, 0.1) is 10.6 Å². The third-order valence-corrected chi connectivity index (χ3v) is 4.19. The highest BCUT2D eigenvalue weighted by atomic mass is 32.2. The predicted octanol–water partition coefficient (Wildman–Crippen LogP) is 4.37. The summed E-state index contributed by atoms with van der Waals surface area (Å²) in [4.78, 5) is 15.1. The Bertz CT molecular complexity index is 630. The molecule has 0 saturated carbocycles. The van der Waals surface area contributed by atoms with Crippen LogP contribution in [-0.2, 0) is 11.2 Å². The molecule has 0 aliphatic carbocycles. The summed E-state index contributed by atoms with van der Waals surface area (Å²) in [5.41, 5.74) is 2.94. The van der Waals surface area contributed by atoms with Crippen LogP contribution in [0.25, 0.3) is 0 Å².